The van der Waals surface area contributed by atoms with E-state index >= 15 is 0 Å². The third-order valence-electron chi connectivity index (χ3n) is 4.44. The fraction of sp³-hybridized carbons (Fsp3) is 0.533. The molecular weight excluding hydrogens is 246 g/mol. The minimum atomic E-state index is 0.134. The molecule has 1 N–H and O–H groups in total. The van der Waals surface area contributed by atoms with Gasteiger partial charge in [0, 0.05) is 17.1 Å². The van der Waals surface area contributed by atoms with Gasteiger partial charge in [-0.2, -0.15) is 0 Å². The SMILES string of the molecule is O=C(C[C@@H]1C[C@@H]2CC[C@@H]1C2)Nc1cccc(Cl)c1. The molecule has 2 aliphatic rings. The van der Waals surface area contributed by atoms with Crippen molar-refractivity contribution in [2.24, 2.45) is 17.8 Å². The molecule has 1 aromatic rings. The van der Waals surface area contributed by atoms with E-state index in [1.807, 2.05) is 18.2 Å². The summed E-state index contributed by atoms with van der Waals surface area (Å²) in [4.78, 5) is 12.0. The van der Waals surface area contributed by atoms with Crippen LogP contribution in [0, 0.1) is 17.8 Å². The van der Waals surface area contributed by atoms with Crippen LogP contribution in [-0.4, -0.2) is 5.91 Å². The highest BCUT2D eigenvalue weighted by atomic mass is 35.5. The standard InChI is InChI=1S/C15H18ClNO/c16-13-2-1-3-14(9-13)17-15(18)8-12-7-10-4-5-11(12)6-10/h1-3,9-12H,4-8H2,(H,17,18)/t10-,11-,12+/m1/s1. The summed E-state index contributed by atoms with van der Waals surface area (Å²) in [5, 5.41) is 3.61. The van der Waals surface area contributed by atoms with Crippen molar-refractivity contribution in [2.75, 3.05) is 5.32 Å². The molecule has 2 nitrogen and oxygen atoms in total. The molecule has 1 amide bonds. The average Bonchev–Trinajstić information content (AvgIpc) is 2.90. The molecular formula is C15H18ClNO. The Morgan fingerprint density at radius 3 is 2.89 bits per heavy atom. The third kappa shape index (κ3) is 2.54. The van der Waals surface area contributed by atoms with Crippen molar-refractivity contribution in [2.45, 2.75) is 32.1 Å². The number of nitrogens with one attached hydrogen (secondary N) is 1. The Kier molecular flexibility index (Phi) is 3.29. The summed E-state index contributed by atoms with van der Waals surface area (Å²) < 4.78 is 0. The van der Waals surface area contributed by atoms with Crippen LogP contribution in [0.2, 0.25) is 5.02 Å². The predicted molar refractivity (Wildman–Crippen MR) is 73.6 cm³/mol. The number of benzene rings is 1. The molecule has 3 heteroatoms. The lowest BCUT2D eigenvalue weighted by Gasteiger charge is -2.20. The zero-order chi connectivity index (χ0) is 12.5. The summed E-state index contributed by atoms with van der Waals surface area (Å²) in [5.41, 5.74) is 0.802. The molecule has 2 aliphatic carbocycles. The quantitative estimate of drug-likeness (QED) is 0.874. The highest BCUT2D eigenvalue weighted by molar-refractivity contribution is 6.30. The molecule has 18 heavy (non-hydrogen) atoms. The first-order chi connectivity index (χ1) is 8.70. The molecule has 3 rings (SSSR count). The topological polar surface area (TPSA) is 29.1 Å². The summed E-state index contributed by atoms with van der Waals surface area (Å²) in [6, 6.07) is 7.34. The number of amides is 1. The van der Waals surface area contributed by atoms with Crippen LogP contribution in [0.25, 0.3) is 0 Å². The van der Waals surface area contributed by atoms with Crippen LogP contribution < -0.4 is 5.32 Å². The maximum atomic E-state index is 12.0. The lowest BCUT2D eigenvalue weighted by atomic mass is 9.86. The maximum Gasteiger partial charge on any atom is 0.224 e. The van der Waals surface area contributed by atoms with Crippen molar-refractivity contribution < 1.29 is 4.79 Å². The minimum Gasteiger partial charge on any atom is -0.326 e. The highest BCUT2D eigenvalue weighted by Crippen LogP contribution is 2.49. The van der Waals surface area contributed by atoms with Crippen molar-refractivity contribution in [3.63, 3.8) is 0 Å². The fourth-order valence-electron chi connectivity index (χ4n) is 3.64. The van der Waals surface area contributed by atoms with E-state index < -0.39 is 0 Å². The van der Waals surface area contributed by atoms with Crippen LogP contribution in [0.4, 0.5) is 5.69 Å². The Bertz CT molecular complexity index is 460. The fourth-order valence-corrected chi connectivity index (χ4v) is 3.83. The van der Waals surface area contributed by atoms with E-state index in [0.29, 0.717) is 17.4 Å². The molecule has 0 saturated heterocycles. The van der Waals surface area contributed by atoms with Gasteiger partial charge in [0.05, 0.1) is 0 Å². The van der Waals surface area contributed by atoms with Crippen LogP contribution in [0.5, 0.6) is 0 Å². The lowest BCUT2D eigenvalue weighted by Crippen LogP contribution is -2.20. The number of hydrogen-bond donors (Lipinski definition) is 1. The second kappa shape index (κ2) is 4.93. The molecule has 0 aromatic heterocycles. The van der Waals surface area contributed by atoms with Gasteiger partial charge in [-0.3, -0.25) is 4.79 Å². The van der Waals surface area contributed by atoms with Gasteiger partial charge in [0.2, 0.25) is 5.91 Å². The van der Waals surface area contributed by atoms with E-state index in [2.05, 4.69) is 5.32 Å². The Balaban J connectivity index is 1.56. The van der Waals surface area contributed by atoms with E-state index in [4.69, 9.17) is 11.6 Å². The zero-order valence-electron chi connectivity index (χ0n) is 10.4. The molecule has 0 spiro atoms. The Hall–Kier alpha value is -1.02. The van der Waals surface area contributed by atoms with Crippen molar-refractivity contribution in [3.05, 3.63) is 29.3 Å². The second-order valence-electron chi connectivity index (χ2n) is 5.70. The molecule has 96 valence electrons. The van der Waals surface area contributed by atoms with Gasteiger partial charge in [-0.15, -0.1) is 0 Å². The highest BCUT2D eigenvalue weighted by Gasteiger charge is 2.40. The lowest BCUT2D eigenvalue weighted by molar-refractivity contribution is -0.117. The van der Waals surface area contributed by atoms with Crippen LogP contribution in [0.15, 0.2) is 24.3 Å². The van der Waals surface area contributed by atoms with Gasteiger partial charge in [-0.05, 0) is 55.2 Å². The van der Waals surface area contributed by atoms with E-state index in [1.54, 1.807) is 6.07 Å². The minimum absolute atomic E-state index is 0.134. The molecule has 1 aromatic carbocycles. The van der Waals surface area contributed by atoms with Crippen LogP contribution in [0.1, 0.15) is 32.1 Å². The first-order valence-corrected chi connectivity index (χ1v) is 7.14. The van der Waals surface area contributed by atoms with Gasteiger partial charge in [0.25, 0.3) is 0 Å². The summed E-state index contributed by atoms with van der Waals surface area (Å²) in [6.45, 7) is 0. The Morgan fingerprint density at radius 2 is 2.22 bits per heavy atom. The van der Waals surface area contributed by atoms with E-state index in [1.165, 1.54) is 25.7 Å². The Morgan fingerprint density at radius 1 is 1.33 bits per heavy atom. The van der Waals surface area contributed by atoms with Crippen LogP contribution in [-0.2, 0) is 4.79 Å². The van der Waals surface area contributed by atoms with E-state index in [9.17, 15) is 4.79 Å². The Labute approximate surface area is 113 Å². The van der Waals surface area contributed by atoms with Gasteiger partial charge >= 0.3 is 0 Å². The van der Waals surface area contributed by atoms with Crippen molar-refractivity contribution in [3.8, 4) is 0 Å². The molecule has 0 heterocycles. The molecule has 0 radical (unpaired) electrons. The van der Waals surface area contributed by atoms with Gasteiger partial charge in [0.1, 0.15) is 0 Å². The number of rotatable bonds is 3. The molecule has 3 atom stereocenters. The molecule has 2 saturated carbocycles. The zero-order valence-corrected chi connectivity index (χ0v) is 11.1. The van der Waals surface area contributed by atoms with Crippen molar-refractivity contribution in [1.29, 1.82) is 0 Å². The number of carbonyl (C=O) groups excluding carboxylic acids is 1. The molecule has 2 bridgehead atoms. The van der Waals surface area contributed by atoms with Crippen molar-refractivity contribution >= 4 is 23.2 Å². The summed E-state index contributed by atoms with van der Waals surface area (Å²) in [7, 11) is 0. The van der Waals surface area contributed by atoms with Gasteiger partial charge < -0.3 is 5.32 Å². The summed E-state index contributed by atoms with van der Waals surface area (Å²) in [6.07, 6.45) is 6.01. The number of carbonyl (C=O) groups is 1. The monoisotopic (exact) mass is 263 g/mol. The first kappa shape index (κ1) is 12.0. The summed E-state index contributed by atoms with van der Waals surface area (Å²) in [5.74, 6) is 2.46. The normalized spacial score (nSPS) is 29.5. The van der Waals surface area contributed by atoms with Gasteiger partial charge in [-0.1, -0.05) is 24.1 Å². The van der Waals surface area contributed by atoms with Crippen LogP contribution >= 0.6 is 11.6 Å². The number of hydrogen-bond acceptors (Lipinski definition) is 1. The van der Waals surface area contributed by atoms with Crippen LogP contribution in [0.3, 0.4) is 0 Å². The number of fused-ring (bicyclic) bond motifs is 2. The predicted octanol–water partition coefficient (Wildman–Crippen LogP) is 4.10. The molecule has 0 unspecified atom stereocenters. The molecule has 2 fully saturated rings. The third-order valence-corrected chi connectivity index (χ3v) is 4.68. The maximum absolute atomic E-state index is 12.0. The number of anilines is 1. The average molecular weight is 264 g/mol. The van der Waals surface area contributed by atoms with Gasteiger partial charge in [0.15, 0.2) is 0 Å². The smallest absolute Gasteiger partial charge is 0.224 e. The largest absolute Gasteiger partial charge is 0.326 e. The summed E-state index contributed by atoms with van der Waals surface area (Å²) >= 11 is 5.90. The van der Waals surface area contributed by atoms with E-state index in [0.717, 1.165) is 17.5 Å². The van der Waals surface area contributed by atoms with Gasteiger partial charge in [-0.25, -0.2) is 0 Å². The first-order valence-electron chi connectivity index (χ1n) is 6.76. The van der Waals surface area contributed by atoms with E-state index in [-0.39, 0.29) is 5.91 Å². The molecule has 0 aliphatic heterocycles. The second-order valence-corrected chi connectivity index (χ2v) is 6.13. The van der Waals surface area contributed by atoms with Crippen molar-refractivity contribution in [1.82, 2.24) is 0 Å². The number of halogens is 1.